The monoisotopic (exact) mass is 295 g/mol. The molecule has 3 atom stereocenters. The molecule has 0 aliphatic carbocycles. The van der Waals surface area contributed by atoms with Crippen LogP contribution in [0.15, 0.2) is 5.38 Å². The first-order valence-corrected chi connectivity index (χ1v) is 8.80. The van der Waals surface area contributed by atoms with Crippen LogP contribution in [-0.4, -0.2) is 35.1 Å². The molecule has 1 saturated heterocycles. The highest BCUT2D eigenvalue weighted by atomic mass is 32.1. The fourth-order valence-electron chi connectivity index (χ4n) is 3.17. The topological polar surface area (TPSA) is 28.2 Å². The van der Waals surface area contributed by atoms with E-state index in [9.17, 15) is 0 Å². The van der Waals surface area contributed by atoms with Gasteiger partial charge in [0.15, 0.2) is 0 Å². The van der Waals surface area contributed by atoms with Gasteiger partial charge in [-0.15, -0.1) is 11.3 Å². The third kappa shape index (κ3) is 3.80. The molecule has 1 fully saturated rings. The van der Waals surface area contributed by atoms with Crippen molar-refractivity contribution in [1.29, 1.82) is 0 Å². The molecule has 0 bridgehead atoms. The Kier molecular flexibility index (Phi) is 5.58. The number of aryl methyl sites for hydroxylation is 1. The van der Waals surface area contributed by atoms with Crippen LogP contribution in [0.1, 0.15) is 57.3 Å². The molecule has 0 radical (unpaired) electrons. The lowest BCUT2D eigenvalue weighted by Gasteiger charge is -2.43. The number of hydrogen-bond acceptors (Lipinski definition) is 4. The number of aromatic nitrogens is 1. The van der Waals surface area contributed by atoms with Gasteiger partial charge < -0.3 is 5.32 Å². The number of thiazole rings is 1. The summed E-state index contributed by atoms with van der Waals surface area (Å²) in [7, 11) is 0. The van der Waals surface area contributed by atoms with Gasteiger partial charge >= 0.3 is 0 Å². The van der Waals surface area contributed by atoms with Gasteiger partial charge in [0.25, 0.3) is 0 Å². The molecule has 1 aliphatic rings. The van der Waals surface area contributed by atoms with E-state index >= 15 is 0 Å². The van der Waals surface area contributed by atoms with Crippen LogP contribution in [0.4, 0.5) is 0 Å². The maximum absolute atomic E-state index is 4.70. The summed E-state index contributed by atoms with van der Waals surface area (Å²) < 4.78 is 0. The van der Waals surface area contributed by atoms with Crippen LogP contribution in [0.3, 0.4) is 0 Å². The standard InChI is InChI=1S/C16H29N3S/c1-6-15-8-17-14(7-11(2)3)9-19(15)13(5)16-18-12(4)10-20-16/h10-11,13-15,17H,6-9H2,1-5H3. The van der Waals surface area contributed by atoms with Gasteiger partial charge in [-0.1, -0.05) is 20.8 Å². The van der Waals surface area contributed by atoms with Crippen LogP contribution in [0.2, 0.25) is 0 Å². The fraction of sp³-hybridized carbons (Fsp3) is 0.812. The van der Waals surface area contributed by atoms with E-state index in [0.717, 1.165) is 24.7 Å². The van der Waals surface area contributed by atoms with E-state index in [1.54, 1.807) is 11.3 Å². The molecule has 3 nitrogen and oxygen atoms in total. The molecule has 114 valence electrons. The number of nitrogens with one attached hydrogen (secondary N) is 1. The third-order valence-electron chi connectivity index (χ3n) is 4.26. The molecule has 1 aromatic rings. The van der Waals surface area contributed by atoms with Crippen LogP contribution in [-0.2, 0) is 0 Å². The van der Waals surface area contributed by atoms with E-state index in [1.165, 1.54) is 17.8 Å². The summed E-state index contributed by atoms with van der Waals surface area (Å²) in [6.45, 7) is 13.6. The molecular formula is C16H29N3S. The minimum absolute atomic E-state index is 0.440. The SMILES string of the molecule is CCC1CNC(CC(C)C)CN1C(C)c1nc(C)cs1. The Morgan fingerprint density at radius 2 is 2.20 bits per heavy atom. The van der Waals surface area contributed by atoms with Crippen molar-refractivity contribution in [3.8, 4) is 0 Å². The number of rotatable bonds is 5. The Morgan fingerprint density at radius 3 is 2.75 bits per heavy atom. The number of piperazine rings is 1. The third-order valence-corrected chi connectivity index (χ3v) is 5.39. The first-order chi connectivity index (χ1) is 9.51. The maximum Gasteiger partial charge on any atom is 0.110 e. The number of nitrogens with zero attached hydrogens (tertiary/aromatic N) is 2. The van der Waals surface area contributed by atoms with Gasteiger partial charge in [-0.2, -0.15) is 0 Å². The lowest BCUT2D eigenvalue weighted by atomic mass is 9.97. The Morgan fingerprint density at radius 1 is 1.45 bits per heavy atom. The van der Waals surface area contributed by atoms with Crippen LogP contribution in [0, 0.1) is 12.8 Å². The number of hydrogen-bond donors (Lipinski definition) is 1. The first-order valence-electron chi connectivity index (χ1n) is 7.92. The summed E-state index contributed by atoms with van der Waals surface area (Å²) in [6, 6.07) is 1.70. The first kappa shape index (κ1) is 15.9. The van der Waals surface area contributed by atoms with Crippen molar-refractivity contribution in [1.82, 2.24) is 15.2 Å². The van der Waals surface area contributed by atoms with Crippen LogP contribution < -0.4 is 5.32 Å². The average Bonchev–Trinajstić information content (AvgIpc) is 2.84. The Bertz CT molecular complexity index is 416. The van der Waals surface area contributed by atoms with E-state index in [0.29, 0.717) is 18.1 Å². The van der Waals surface area contributed by atoms with E-state index < -0.39 is 0 Å². The Balaban J connectivity index is 2.08. The van der Waals surface area contributed by atoms with Gasteiger partial charge in [-0.25, -0.2) is 4.98 Å². The normalized spacial score (nSPS) is 26.1. The molecule has 1 aromatic heterocycles. The van der Waals surface area contributed by atoms with Gasteiger partial charge in [0.1, 0.15) is 5.01 Å². The summed E-state index contributed by atoms with van der Waals surface area (Å²) in [4.78, 5) is 7.37. The molecule has 0 amide bonds. The average molecular weight is 295 g/mol. The predicted octanol–water partition coefficient (Wildman–Crippen LogP) is 3.61. The predicted molar refractivity (Wildman–Crippen MR) is 87.3 cm³/mol. The molecule has 2 heterocycles. The zero-order chi connectivity index (χ0) is 14.7. The highest BCUT2D eigenvalue weighted by molar-refractivity contribution is 7.09. The van der Waals surface area contributed by atoms with Crippen molar-refractivity contribution in [3.05, 3.63) is 16.1 Å². The molecule has 20 heavy (non-hydrogen) atoms. The smallest absolute Gasteiger partial charge is 0.110 e. The maximum atomic E-state index is 4.70. The minimum atomic E-state index is 0.440. The largest absolute Gasteiger partial charge is 0.311 e. The van der Waals surface area contributed by atoms with Crippen molar-refractivity contribution in [2.75, 3.05) is 13.1 Å². The molecule has 4 heteroatoms. The molecule has 0 saturated carbocycles. The van der Waals surface area contributed by atoms with E-state index in [-0.39, 0.29) is 0 Å². The molecule has 1 aliphatic heterocycles. The van der Waals surface area contributed by atoms with Gasteiger partial charge in [0, 0.05) is 36.2 Å². The summed E-state index contributed by atoms with van der Waals surface area (Å²) in [5.41, 5.74) is 1.15. The highest BCUT2D eigenvalue weighted by Crippen LogP contribution is 2.28. The van der Waals surface area contributed by atoms with Gasteiger partial charge in [-0.05, 0) is 32.6 Å². The van der Waals surface area contributed by atoms with E-state index in [4.69, 9.17) is 4.98 Å². The second kappa shape index (κ2) is 7.01. The zero-order valence-corrected chi connectivity index (χ0v) is 14.3. The Labute approximate surface area is 127 Å². The summed E-state index contributed by atoms with van der Waals surface area (Å²) in [6.07, 6.45) is 2.46. The second-order valence-corrected chi connectivity index (χ2v) is 7.39. The van der Waals surface area contributed by atoms with E-state index in [1.807, 2.05) is 0 Å². The van der Waals surface area contributed by atoms with Crippen molar-refractivity contribution in [3.63, 3.8) is 0 Å². The Hall–Kier alpha value is -0.450. The van der Waals surface area contributed by atoms with E-state index in [2.05, 4.69) is 50.2 Å². The molecule has 0 spiro atoms. The quantitative estimate of drug-likeness (QED) is 0.899. The molecule has 3 unspecified atom stereocenters. The van der Waals surface area contributed by atoms with Gasteiger partial charge in [0.05, 0.1) is 6.04 Å². The van der Waals surface area contributed by atoms with Crippen LogP contribution >= 0.6 is 11.3 Å². The summed E-state index contributed by atoms with van der Waals surface area (Å²) in [5, 5.41) is 7.17. The zero-order valence-electron chi connectivity index (χ0n) is 13.5. The van der Waals surface area contributed by atoms with Gasteiger partial charge in [-0.3, -0.25) is 4.90 Å². The fourth-order valence-corrected chi connectivity index (χ4v) is 4.05. The highest BCUT2D eigenvalue weighted by Gasteiger charge is 2.31. The minimum Gasteiger partial charge on any atom is -0.311 e. The van der Waals surface area contributed by atoms with Crippen molar-refractivity contribution in [2.45, 2.75) is 65.6 Å². The molecule has 1 N–H and O–H groups in total. The van der Waals surface area contributed by atoms with Crippen molar-refractivity contribution < 1.29 is 0 Å². The molecular weight excluding hydrogens is 266 g/mol. The van der Waals surface area contributed by atoms with Crippen LogP contribution in [0.25, 0.3) is 0 Å². The van der Waals surface area contributed by atoms with Gasteiger partial charge in [0.2, 0.25) is 0 Å². The summed E-state index contributed by atoms with van der Waals surface area (Å²) in [5.74, 6) is 0.755. The summed E-state index contributed by atoms with van der Waals surface area (Å²) >= 11 is 1.81. The lowest BCUT2D eigenvalue weighted by molar-refractivity contribution is 0.0801. The molecule has 2 rings (SSSR count). The van der Waals surface area contributed by atoms with Crippen LogP contribution in [0.5, 0.6) is 0 Å². The second-order valence-electron chi connectivity index (χ2n) is 6.50. The van der Waals surface area contributed by atoms with Crippen molar-refractivity contribution >= 4 is 11.3 Å². The molecule has 0 aromatic carbocycles. The van der Waals surface area contributed by atoms with Crippen molar-refractivity contribution in [2.24, 2.45) is 5.92 Å². The lowest BCUT2D eigenvalue weighted by Crippen LogP contribution is -2.57.